The lowest BCUT2D eigenvalue weighted by Crippen LogP contribution is -2.25. The third-order valence-corrected chi connectivity index (χ3v) is 3.94. The number of methoxy groups -OCH3 is 1. The summed E-state index contributed by atoms with van der Waals surface area (Å²) in [6.07, 6.45) is 2.23. The van der Waals surface area contributed by atoms with Crippen LogP contribution in [0.15, 0.2) is 60.8 Å². The fourth-order valence-electron chi connectivity index (χ4n) is 2.61. The number of hydrogen-bond donors (Lipinski definition) is 2. The molecule has 0 aliphatic rings. The van der Waals surface area contributed by atoms with Crippen LogP contribution < -0.4 is 10.1 Å². The van der Waals surface area contributed by atoms with Crippen LogP contribution in [0.2, 0.25) is 0 Å². The first-order chi connectivity index (χ1) is 12.7. The molecule has 2 aromatic carbocycles. The molecular weight excluding hydrogens is 330 g/mol. The van der Waals surface area contributed by atoms with Crippen LogP contribution in [-0.4, -0.2) is 41.1 Å². The summed E-state index contributed by atoms with van der Waals surface area (Å²) in [5.41, 5.74) is 2.71. The van der Waals surface area contributed by atoms with Crippen molar-refractivity contribution in [1.82, 2.24) is 15.1 Å². The smallest absolute Gasteiger partial charge is 0.255 e. The minimum absolute atomic E-state index is 0.0340. The number of ether oxygens (including phenoxy) is 1. The molecule has 0 fully saturated rings. The lowest BCUT2D eigenvalue weighted by Gasteiger charge is -2.06. The van der Waals surface area contributed by atoms with Crippen LogP contribution in [0, 0.1) is 0 Å². The van der Waals surface area contributed by atoms with E-state index in [9.17, 15) is 4.79 Å². The molecule has 0 unspecified atom stereocenters. The summed E-state index contributed by atoms with van der Waals surface area (Å²) in [6.45, 7) is 0.440. The molecule has 1 aromatic heterocycles. The molecule has 0 saturated carbocycles. The van der Waals surface area contributed by atoms with Crippen molar-refractivity contribution >= 4 is 5.91 Å². The molecule has 0 radical (unpaired) electrons. The molecule has 6 heteroatoms. The van der Waals surface area contributed by atoms with E-state index in [-0.39, 0.29) is 12.5 Å². The van der Waals surface area contributed by atoms with Crippen LogP contribution in [0.4, 0.5) is 0 Å². The number of aliphatic hydroxyl groups excluding tert-OH is 1. The molecule has 3 aromatic rings. The number of para-hydroxylation sites is 1. The van der Waals surface area contributed by atoms with Crippen molar-refractivity contribution in [2.24, 2.45) is 0 Å². The second-order valence-electron chi connectivity index (χ2n) is 5.74. The van der Waals surface area contributed by atoms with Crippen LogP contribution in [-0.2, 0) is 0 Å². The molecule has 0 atom stereocenters. The summed E-state index contributed by atoms with van der Waals surface area (Å²) >= 11 is 0. The highest BCUT2D eigenvalue weighted by Crippen LogP contribution is 2.27. The molecular formula is C20H21N3O3. The highest BCUT2D eigenvalue weighted by Gasteiger charge is 2.18. The summed E-state index contributed by atoms with van der Waals surface area (Å²) < 4.78 is 6.97. The topological polar surface area (TPSA) is 76.4 Å². The van der Waals surface area contributed by atoms with Crippen molar-refractivity contribution in [3.05, 3.63) is 66.4 Å². The number of hydrogen-bond acceptors (Lipinski definition) is 4. The number of rotatable bonds is 7. The Morgan fingerprint density at radius 2 is 2.00 bits per heavy atom. The van der Waals surface area contributed by atoms with Crippen molar-refractivity contribution in [1.29, 1.82) is 0 Å². The third kappa shape index (κ3) is 3.92. The summed E-state index contributed by atoms with van der Waals surface area (Å²) in [6, 6.07) is 17.1. The Morgan fingerprint density at radius 3 is 2.73 bits per heavy atom. The number of benzene rings is 2. The Kier molecular flexibility index (Phi) is 5.66. The predicted molar refractivity (Wildman–Crippen MR) is 99.6 cm³/mol. The van der Waals surface area contributed by atoms with Gasteiger partial charge >= 0.3 is 0 Å². The van der Waals surface area contributed by atoms with Gasteiger partial charge in [-0.15, -0.1) is 0 Å². The highest BCUT2D eigenvalue weighted by atomic mass is 16.5. The fraction of sp³-hybridized carbons (Fsp3) is 0.200. The second kappa shape index (κ2) is 8.31. The van der Waals surface area contributed by atoms with Gasteiger partial charge in [0.2, 0.25) is 0 Å². The van der Waals surface area contributed by atoms with Gasteiger partial charge in [0.25, 0.3) is 5.91 Å². The number of carbonyl (C=O) groups excluding carboxylic acids is 1. The lowest BCUT2D eigenvalue weighted by atomic mass is 10.1. The van der Waals surface area contributed by atoms with Gasteiger partial charge < -0.3 is 15.2 Å². The van der Waals surface area contributed by atoms with Crippen molar-refractivity contribution in [3.63, 3.8) is 0 Å². The normalized spacial score (nSPS) is 10.5. The van der Waals surface area contributed by atoms with E-state index >= 15 is 0 Å². The minimum atomic E-state index is -0.224. The van der Waals surface area contributed by atoms with Gasteiger partial charge in [-0.1, -0.05) is 30.3 Å². The predicted octanol–water partition coefficient (Wildman–Crippen LogP) is 2.66. The van der Waals surface area contributed by atoms with Crippen LogP contribution in [0.5, 0.6) is 5.75 Å². The zero-order chi connectivity index (χ0) is 18.4. The molecule has 0 aliphatic heterocycles. The van der Waals surface area contributed by atoms with E-state index < -0.39 is 0 Å². The Morgan fingerprint density at radius 1 is 1.19 bits per heavy atom. The molecule has 0 bridgehead atoms. The summed E-state index contributed by atoms with van der Waals surface area (Å²) in [5, 5.41) is 16.4. The largest absolute Gasteiger partial charge is 0.497 e. The molecule has 1 amide bonds. The van der Waals surface area contributed by atoms with Gasteiger partial charge in [0.15, 0.2) is 0 Å². The van der Waals surface area contributed by atoms with Crippen molar-refractivity contribution < 1.29 is 14.6 Å². The molecule has 0 aliphatic carbocycles. The Labute approximate surface area is 152 Å². The lowest BCUT2D eigenvalue weighted by molar-refractivity contribution is 0.0952. The van der Waals surface area contributed by atoms with Gasteiger partial charge in [-0.25, -0.2) is 4.68 Å². The molecule has 1 heterocycles. The van der Waals surface area contributed by atoms with Gasteiger partial charge in [0, 0.05) is 24.9 Å². The minimum Gasteiger partial charge on any atom is -0.497 e. The SMILES string of the molecule is COc1cccc(-c2nn(-c3ccccc3)cc2C(=O)NCCCO)c1. The quantitative estimate of drug-likeness (QED) is 0.642. The molecule has 2 N–H and O–H groups in total. The maximum atomic E-state index is 12.6. The van der Waals surface area contributed by atoms with Crippen LogP contribution in [0.1, 0.15) is 16.8 Å². The maximum absolute atomic E-state index is 12.6. The molecule has 3 rings (SSSR count). The van der Waals surface area contributed by atoms with E-state index in [0.717, 1.165) is 11.3 Å². The number of nitrogens with one attached hydrogen (secondary N) is 1. The number of aromatic nitrogens is 2. The standard InChI is InChI=1S/C20H21N3O3/c1-26-17-10-5-7-15(13-17)19-18(20(25)21-11-6-12-24)14-23(22-19)16-8-3-2-4-9-16/h2-5,7-10,13-14,24H,6,11-12H2,1H3,(H,21,25). The Hall–Kier alpha value is -3.12. The van der Waals surface area contributed by atoms with Crippen LogP contribution >= 0.6 is 0 Å². The second-order valence-corrected chi connectivity index (χ2v) is 5.74. The fourth-order valence-corrected chi connectivity index (χ4v) is 2.61. The van der Waals surface area contributed by atoms with Gasteiger partial charge in [0.1, 0.15) is 11.4 Å². The summed E-state index contributed by atoms with van der Waals surface area (Å²) in [5.74, 6) is 0.474. The molecule has 26 heavy (non-hydrogen) atoms. The molecule has 0 saturated heterocycles. The maximum Gasteiger partial charge on any atom is 0.255 e. The zero-order valence-corrected chi connectivity index (χ0v) is 14.6. The number of carbonyl (C=O) groups is 1. The average Bonchev–Trinajstić information content (AvgIpc) is 3.14. The van der Waals surface area contributed by atoms with Crippen LogP contribution in [0.25, 0.3) is 16.9 Å². The molecule has 134 valence electrons. The van der Waals surface area contributed by atoms with E-state index in [1.807, 2.05) is 54.6 Å². The third-order valence-electron chi connectivity index (χ3n) is 3.94. The number of amides is 1. The van der Waals surface area contributed by atoms with E-state index in [2.05, 4.69) is 10.4 Å². The summed E-state index contributed by atoms with van der Waals surface area (Å²) in [4.78, 5) is 12.6. The first-order valence-electron chi connectivity index (χ1n) is 8.41. The monoisotopic (exact) mass is 351 g/mol. The van der Waals surface area contributed by atoms with Gasteiger partial charge in [0.05, 0.1) is 18.4 Å². The molecule has 0 spiro atoms. The van der Waals surface area contributed by atoms with Crippen LogP contribution in [0.3, 0.4) is 0 Å². The van der Waals surface area contributed by atoms with E-state index in [1.54, 1.807) is 18.0 Å². The zero-order valence-electron chi connectivity index (χ0n) is 14.6. The van der Waals surface area contributed by atoms with Gasteiger partial charge in [-0.2, -0.15) is 5.10 Å². The molecule has 6 nitrogen and oxygen atoms in total. The average molecular weight is 351 g/mol. The van der Waals surface area contributed by atoms with E-state index in [1.165, 1.54) is 0 Å². The van der Waals surface area contributed by atoms with E-state index in [4.69, 9.17) is 9.84 Å². The first kappa shape index (κ1) is 17.7. The van der Waals surface area contributed by atoms with Gasteiger partial charge in [-0.05, 0) is 30.7 Å². The van der Waals surface area contributed by atoms with Crippen molar-refractivity contribution in [3.8, 4) is 22.7 Å². The van der Waals surface area contributed by atoms with E-state index in [0.29, 0.717) is 30.0 Å². The van der Waals surface area contributed by atoms with Gasteiger partial charge in [-0.3, -0.25) is 4.79 Å². The summed E-state index contributed by atoms with van der Waals surface area (Å²) in [7, 11) is 1.60. The van der Waals surface area contributed by atoms with Crippen molar-refractivity contribution in [2.75, 3.05) is 20.3 Å². The first-order valence-corrected chi connectivity index (χ1v) is 8.41. The number of nitrogens with zero attached hydrogens (tertiary/aromatic N) is 2. The Balaban J connectivity index is 2.02. The highest BCUT2D eigenvalue weighted by molar-refractivity contribution is 6.00. The Bertz CT molecular complexity index is 875. The number of aliphatic hydroxyl groups is 1. The van der Waals surface area contributed by atoms with Crippen molar-refractivity contribution in [2.45, 2.75) is 6.42 Å².